The highest BCUT2D eigenvalue weighted by Gasteiger charge is 2.49. The Balaban J connectivity index is 1.29. The Hall–Kier alpha value is -5.00. The summed E-state index contributed by atoms with van der Waals surface area (Å²) in [4.78, 5) is 43.5. The Kier molecular flexibility index (Phi) is 9.34. The maximum atomic E-state index is 14.6. The standard InChI is InChI=1S/C36H36F3N3O6/c1-21-5-2-3-7-24(21)18-41(25-12-13-25)34(43)31-27(17-26-19-40(35(44)45)20-30(31)42(26)36(46)47)23-10-8-22(9-11-23)6-4-16-48-33-29(38)15-14-28(37)32(33)39/h2-3,5,7-11,14-15,25-26,30H,4,6,12-13,16-20H2,1H3,(H,44,45)(H,46,47). The van der Waals surface area contributed by atoms with Crippen LogP contribution in [0.2, 0.25) is 0 Å². The molecule has 0 aromatic heterocycles. The summed E-state index contributed by atoms with van der Waals surface area (Å²) in [5.74, 6) is -4.60. The zero-order chi connectivity index (χ0) is 34.1. The summed E-state index contributed by atoms with van der Waals surface area (Å²) in [5, 5.41) is 20.1. The van der Waals surface area contributed by atoms with Crippen LogP contribution in [-0.4, -0.2) is 80.8 Å². The van der Waals surface area contributed by atoms with E-state index in [0.717, 1.165) is 41.2 Å². The highest BCUT2D eigenvalue weighted by Crippen LogP contribution is 2.41. The quantitative estimate of drug-likeness (QED) is 0.190. The van der Waals surface area contributed by atoms with Gasteiger partial charge in [0.15, 0.2) is 17.4 Å². The van der Waals surface area contributed by atoms with Crippen molar-refractivity contribution >= 4 is 23.7 Å². The molecule has 6 rings (SSSR count). The minimum absolute atomic E-state index is 0.0000475. The van der Waals surface area contributed by atoms with Gasteiger partial charge in [-0.1, -0.05) is 48.5 Å². The number of rotatable bonds is 10. The van der Waals surface area contributed by atoms with Crippen LogP contribution in [0.4, 0.5) is 22.8 Å². The Morgan fingerprint density at radius 1 is 0.917 bits per heavy atom. The molecule has 2 unspecified atom stereocenters. The van der Waals surface area contributed by atoms with Gasteiger partial charge in [0.25, 0.3) is 5.91 Å². The van der Waals surface area contributed by atoms with E-state index in [1.54, 1.807) is 4.90 Å². The summed E-state index contributed by atoms with van der Waals surface area (Å²) in [6, 6.07) is 15.1. The van der Waals surface area contributed by atoms with Gasteiger partial charge in [-0.3, -0.25) is 9.69 Å². The van der Waals surface area contributed by atoms with Crippen molar-refractivity contribution < 1.29 is 42.5 Å². The number of carbonyl (C=O) groups is 3. The van der Waals surface area contributed by atoms with Gasteiger partial charge in [-0.05, 0) is 79.0 Å². The molecule has 12 heteroatoms. The van der Waals surface area contributed by atoms with Gasteiger partial charge in [0.1, 0.15) is 0 Å². The lowest BCUT2D eigenvalue weighted by Crippen LogP contribution is -2.65. The number of nitrogens with zero attached hydrogens (tertiary/aromatic N) is 3. The van der Waals surface area contributed by atoms with Crippen LogP contribution in [-0.2, 0) is 17.8 Å². The number of hydrogen-bond acceptors (Lipinski definition) is 4. The van der Waals surface area contributed by atoms with Crippen molar-refractivity contribution in [1.82, 2.24) is 14.7 Å². The number of piperazine rings is 1. The number of aryl methyl sites for hydroxylation is 2. The lowest BCUT2D eigenvalue weighted by molar-refractivity contribution is -0.129. The predicted molar refractivity (Wildman–Crippen MR) is 170 cm³/mol. The second-order valence-corrected chi connectivity index (χ2v) is 12.6. The Labute approximate surface area is 275 Å². The van der Waals surface area contributed by atoms with Crippen molar-refractivity contribution in [1.29, 1.82) is 0 Å². The van der Waals surface area contributed by atoms with Crippen LogP contribution in [0.1, 0.15) is 47.9 Å². The fraction of sp³-hybridized carbons (Fsp3) is 0.361. The van der Waals surface area contributed by atoms with E-state index in [4.69, 9.17) is 4.74 Å². The van der Waals surface area contributed by atoms with E-state index in [1.165, 1.54) is 9.80 Å². The minimum atomic E-state index is -1.37. The van der Waals surface area contributed by atoms with Crippen LogP contribution in [0.3, 0.4) is 0 Å². The molecule has 2 heterocycles. The normalized spacial score (nSPS) is 18.9. The van der Waals surface area contributed by atoms with Gasteiger partial charge in [-0.25, -0.2) is 18.4 Å². The van der Waals surface area contributed by atoms with Crippen LogP contribution in [0, 0.1) is 24.4 Å². The van der Waals surface area contributed by atoms with Gasteiger partial charge in [-0.15, -0.1) is 0 Å². The molecular weight excluding hydrogens is 627 g/mol. The third kappa shape index (κ3) is 6.69. The highest BCUT2D eigenvalue weighted by molar-refractivity contribution is 6.04. The molecule has 1 saturated heterocycles. The van der Waals surface area contributed by atoms with Gasteiger partial charge in [0.05, 0.1) is 18.7 Å². The largest absolute Gasteiger partial charge is 0.488 e. The van der Waals surface area contributed by atoms with E-state index < -0.39 is 47.5 Å². The zero-order valence-electron chi connectivity index (χ0n) is 26.4. The Morgan fingerprint density at radius 3 is 2.29 bits per heavy atom. The molecule has 2 fully saturated rings. The SMILES string of the molecule is Cc1ccccc1CN(C(=O)C1=C(c2ccc(CCCOc3c(F)ccc(F)c3F)cc2)CC2CN(C(=O)O)CC1N2C(=O)O)C1CC1. The molecule has 9 nitrogen and oxygen atoms in total. The van der Waals surface area contributed by atoms with Crippen molar-refractivity contribution in [3.63, 3.8) is 0 Å². The number of carboxylic acid groups (broad SMARTS) is 2. The molecule has 1 saturated carbocycles. The van der Waals surface area contributed by atoms with Crippen LogP contribution >= 0.6 is 0 Å². The first-order valence-electron chi connectivity index (χ1n) is 16.0. The number of amides is 3. The molecule has 2 aliphatic heterocycles. The molecule has 2 atom stereocenters. The molecule has 3 aliphatic rings. The van der Waals surface area contributed by atoms with E-state index in [-0.39, 0.29) is 38.1 Å². The fourth-order valence-corrected chi connectivity index (χ4v) is 6.74. The summed E-state index contributed by atoms with van der Waals surface area (Å²) < 4.78 is 46.5. The highest BCUT2D eigenvalue weighted by atomic mass is 19.2. The lowest BCUT2D eigenvalue weighted by Gasteiger charge is -2.49. The molecule has 0 radical (unpaired) electrons. The van der Waals surface area contributed by atoms with Crippen molar-refractivity contribution in [2.24, 2.45) is 0 Å². The summed E-state index contributed by atoms with van der Waals surface area (Å²) in [6.45, 7) is 2.11. The summed E-state index contributed by atoms with van der Waals surface area (Å²) in [5.41, 5.74) is 4.62. The molecule has 252 valence electrons. The van der Waals surface area contributed by atoms with E-state index in [0.29, 0.717) is 36.6 Å². The van der Waals surface area contributed by atoms with Gasteiger partial charge in [0, 0.05) is 31.2 Å². The fourth-order valence-electron chi connectivity index (χ4n) is 6.74. The first-order chi connectivity index (χ1) is 23.0. The first kappa shape index (κ1) is 32.9. The monoisotopic (exact) mass is 663 g/mol. The average molecular weight is 664 g/mol. The number of ether oxygens (including phenoxy) is 1. The number of halogens is 3. The van der Waals surface area contributed by atoms with Gasteiger partial charge in [-0.2, -0.15) is 4.39 Å². The van der Waals surface area contributed by atoms with Crippen molar-refractivity contribution in [2.75, 3.05) is 19.7 Å². The third-order valence-electron chi connectivity index (χ3n) is 9.38. The molecule has 3 aromatic carbocycles. The molecule has 0 spiro atoms. The van der Waals surface area contributed by atoms with Crippen LogP contribution in [0.5, 0.6) is 5.75 Å². The molecule has 3 amide bonds. The van der Waals surface area contributed by atoms with Crippen LogP contribution in [0.15, 0.2) is 66.2 Å². The predicted octanol–water partition coefficient (Wildman–Crippen LogP) is 6.48. The molecule has 2 bridgehead atoms. The maximum absolute atomic E-state index is 14.6. The van der Waals surface area contributed by atoms with E-state index in [2.05, 4.69) is 0 Å². The summed E-state index contributed by atoms with van der Waals surface area (Å²) in [7, 11) is 0. The molecule has 2 N–H and O–H groups in total. The van der Waals surface area contributed by atoms with E-state index in [9.17, 15) is 37.8 Å². The van der Waals surface area contributed by atoms with Gasteiger partial charge >= 0.3 is 12.2 Å². The molecule has 48 heavy (non-hydrogen) atoms. The van der Waals surface area contributed by atoms with E-state index in [1.807, 2.05) is 55.5 Å². The number of hydrogen-bond donors (Lipinski definition) is 2. The smallest absolute Gasteiger partial charge is 0.408 e. The minimum Gasteiger partial charge on any atom is -0.488 e. The third-order valence-corrected chi connectivity index (χ3v) is 9.38. The zero-order valence-corrected chi connectivity index (χ0v) is 26.4. The second-order valence-electron chi connectivity index (χ2n) is 12.6. The van der Waals surface area contributed by atoms with E-state index >= 15 is 0 Å². The number of fused-ring (bicyclic) bond motifs is 2. The average Bonchev–Trinajstić information content (AvgIpc) is 3.90. The van der Waals surface area contributed by atoms with Crippen LogP contribution in [0.25, 0.3) is 5.57 Å². The van der Waals surface area contributed by atoms with Gasteiger partial charge in [0.2, 0.25) is 5.82 Å². The molecular formula is C36H36F3N3O6. The lowest BCUT2D eigenvalue weighted by atomic mass is 9.81. The Bertz CT molecular complexity index is 1760. The summed E-state index contributed by atoms with van der Waals surface area (Å²) >= 11 is 0. The molecule has 1 aliphatic carbocycles. The summed E-state index contributed by atoms with van der Waals surface area (Å²) in [6.07, 6.45) is 0.324. The first-order valence-corrected chi connectivity index (χ1v) is 16.0. The topological polar surface area (TPSA) is 111 Å². The Morgan fingerprint density at radius 2 is 1.62 bits per heavy atom. The molecule has 3 aromatic rings. The number of benzene rings is 3. The van der Waals surface area contributed by atoms with Crippen LogP contribution < -0.4 is 4.74 Å². The van der Waals surface area contributed by atoms with Crippen molar-refractivity contribution in [3.8, 4) is 5.75 Å². The second kappa shape index (κ2) is 13.6. The van der Waals surface area contributed by atoms with Gasteiger partial charge < -0.3 is 24.7 Å². The van der Waals surface area contributed by atoms with Crippen molar-refractivity contribution in [2.45, 2.75) is 63.7 Å². The van der Waals surface area contributed by atoms with Crippen molar-refractivity contribution in [3.05, 3.63) is 106 Å². The number of carbonyl (C=O) groups excluding carboxylic acids is 1. The maximum Gasteiger partial charge on any atom is 0.408 e.